The monoisotopic (exact) mass is 254 g/mol. The fourth-order valence-electron chi connectivity index (χ4n) is 2.01. The molecule has 98 valence electrons. The van der Waals surface area contributed by atoms with Crippen LogP contribution in [0.5, 0.6) is 0 Å². The van der Waals surface area contributed by atoms with Crippen molar-refractivity contribution in [2.24, 2.45) is 5.18 Å². The molecule has 2 rings (SSSR count). The third-order valence-electron chi connectivity index (χ3n) is 3.16. The normalized spacial score (nSPS) is 16.4. The second-order valence-corrected chi connectivity index (χ2v) is 4.88. The smallest absolute Gasteiger partial charge is 0.0951 e. The van der Waals surface area contributed by atoms with E-state index in [0.717, 1.165) is 12.2 Å². The first-order valence-electron chi connectivity index (χ1n) is 6.43. The van der Waals surface area contributed by atoms with Crippen molar-refractivity contribution in [2.75, 3.05) is 0 Å². The van der Waals surface area contributed by atoms with E-state index < -0.39 is 0 Å². The number of nitrogens with zero attached hydrogens (tertiary/aromatic N) is 2. The molecule has 0 radical (unpaired) electrons. The standard InChI is InChI=1S/C16H18N2O/c1-13(2)15-8-6-14(7-9-15)12-18-10-4-3-5-16(18)11-17-19/h3-11,13H,12H2,1-2H3. The molecule has 1 aromatic carbocycles. The lowest BCUT2D eigenvalue weighted by atomic mass is 10.0. The van der Waals surface area contributed by atoms with Crippen LogP contribution in [0.4, 0.5) is 0 Å². The van der Waals surface area contributed by atoms with Gasteiger partial charge in [-0.3, -0.25) is 0 Å². The molecule has 1 aromatic rings. The molecule has 0 atom stereocenters. The first-order chi connectivity index (χ1) is 9.20. The van der Waals surface area contributed by atoms with Crippen LogP contribution in [0.1, 0.15) is 30.9 Å². The first-order valence-corrected chi connectivity index (χ1v) is 6.43. The van der Waals surface area contributed by atoms with Crippen LogP contribution in [0.3, 0.4) is 0 Å². The summed E-state index contributed by atoms with van der Waals surface area (Å²) in [5, 5.41) is 2.85. The van der Waals surface area contributed by atoms with E-state index >= 15 is 0 Å². The van der Waals surface area contributed by atoms with Gasteiger partial charge in [0.05, 0.1) is 11.9 Å². The third kappa shape index (κ3) is 3.41. The Morgan fingerprint density at radius 1 is 1.21 bits per heavy atom. The molecule has 0 aromatic heterocycles. The molecular formula is C16H18N2O. The van der Waals surface area contributed by atoms with Gasteiger partial charge in [-0.05, 0) is 34.4 Å². The van der Waals surface area contributed by atoms with E-state index in [-0.39, 0.29) is 0 Å². The van der Waals surface area contributed by atoms with Gasteiger partial charge in [0.1, 0.15) is 0 Å². The minimum atomic E-state index is 0.543. The van der Waals surface area contributed by atoms with Gasteiger partial charge >= 0.3 is 0 Å². The minimum absolute atomic E-state index is 0.543. The summed E-state index contributed by atoms with van der Waals surface area (Å²) >= 11 is 0. The summed E-state index contributed by atoms with van der Waals surface area (Å²) in [4.78, 5) is 12.4. The van der Waals surface area contributed by atoms with E-state index in [0.29, 0.717) is 5.92 Å². The molecule has 1 heterocycles. The highest BCUT2D eigenvalue weighted by molar-refractivity contribution is 5.30. The highest BCUT2D eigenvalue weighted by Gasteiger charge is 2.08. The van der Waals surface area contributed by atoms with E-state index in [4.69, 9.17) is 0 Å². The van der Waals surface area contributed by atoms with Crippen LogP contribution in [0.2, 0.25) is 0 Å². The molecule has 1 aliphatic rings. The van der Waals surface area contributed by atoms with Gasteiger partial charge in [0.2, 0.25) is 0 Å². The number of allylic oxidation sites excluding steroid dienone is 3. The van der Waals surface area contributed by atoms with Gasteiger partial charge in [0, 0.05) is 12.7 Å². The predicted octanol–water partition coefficient (Wildman–Crippen LogP) is 4.30. The Morgan fingerprint density at radius 2 is 1.95 bits per heavy atom. The number of benzene rings is 1. The summed E-state index contributed by atoms with van der Waals surface area (Å²) in [7, 11) is 0. The van der Waals surface area contributed by atoms with Crippen LogP contribution in [-0.2, 0) is 6.54 Å². The fourth-order valence-corrected chi connectivity index (χ4v) is 2.01. The Kier molecular flexibility index (Phi) is 4.29. The lowest BCUT2D eigenvalue weighted by Crippen LogP contribution is -2.16. The molecule has 3 nitrogen and oxygen atoms in total. The summed E-state index contributed by atoms with van der Waals surface area (Å²) in [5.41, 5.74) is 3.36. The molecule has 19 heavy (non-hydrogen) atoms. The molecule has 0 N–H and O–H groups in total. The van der Waals surface area contributed by atoms with Crippen molar-refractivity contribution >= 4 is 0 Å². The quantitative estimate of drug-likeness (QED) is 0.750. The van der Waals surface area contributed by atoms with E-state index in [1.54, 1.807) is 0 Å². The Labute approximate surface area is 113 Å². The summed E-state index contributed by atoms with van der Waals surface area (Å²) < 4.78 is 0. The SMILES string of the molecule is CC(C)c1ccc(CN2C=CC=CC2=CN=O)cc1. The molecule has 0 bridgehead atoms. The highest BCUT2D eigenvalue weighted by atomic mass is 16.2. The largest absolute Gasteiger partial charge is 0.342 e. The van der Waals surface area contributed by atoms with Gasteiger partial charge in [-0.2, -0.15) is 0 Å². The van der Waals surface area contributed by atoms with Gasteiger partial charge in [0.15, 0.2) is 0 Å². The maximum atomic E-state index is 10.4. The first kappa shape index (κ1) is 13.3. The number of hydrogen-bond acceptors (Lipinski definition) is 3. The maximum absolute atomic E-state index is 10.4. The second kappa shape index (κ2) is 6.14. The second-order valence-electron chi connectivity index (χ2n) is 4.88. The van der Waals surface area contributed by atoms with Crippen LogP contribution in [0, 0.1) is 4.91 Å². The average Bonchev–Trinajstić information content (AvgIpc) is 2.42. The molecule has 0 fully saturated rings. The van der Waals surface area contributed by atoms with E-state index in [2.05, 4.69) is 43.3 Å². The van der Waals surface area contributed by atoms with Crippen LogP contribution in [0.25, 0.3) is 0 Å². The van der Waals surface area contributed by atoms with Crippen molar-refractivity contribution < 1.29 is 0 Å². The molecule has 1 aliphatic heterocycles. The van der Waals surface area contributed by atoms with E-state index in [1.807, 2.05) is 29.3 Å². The zero-order chi connectivity index (χ0) is 13.7. The third-order valence-corrected chi connectivity index (χ3v) is 3.16. The zero-order valence-electron chi connectivity index (χ0n) is 11.3. The van der Waals surface area contributed by atoms with Crippen LogP contribution < -0.4 is 0 Å². The molecular weight excluding hydrogens is 236 g/mol. The van der Waals surface area contributed by atoms with Crippen molar-refractivity contribution in [3.63, 3.8) is 0 Å². The topological polar surface area (TPSA) is 32.7 Å². The summed E-state index contributed by atoms with van der Waals surface area (Å²) in [6, 6.07) is 8.58. The average molecular weight is 254 g/mol. The number of hydrogen-bond donors (Lipinski definition) is 0. The van der Waals surface area contributed by atoms with Gasteiger partial charge < -0.3 is 4.90 Å². The predicted molar refractivity (Wildman–Crippen MR) is 78.2 cm³/mol. The summed E-state index contributed by atoms with van der Waals surface area (Å²) in [6.07, 6.45) is 9.01. The summed E-state index contributed by atoms with van der Waals surface area (Å²) in [6.45, 7) is 5.11. The fraction of sp³-hybridized carbons (Fsp3) is 0.250. The van der Waals surface area contributed by atoms with Gasteiger partial charge in [-0.25, -0.2) is 0 Å². The molecule has 3 heteroatoms. The van der Waals surface area contributed by atoms with Crippen LogP contribution in [0.15, 0.2) is 65.8 Å². The van der Waals surface area contributed by atoms with Crippen molar-refractivity contribution in [3.05, 3.63) is 76.6 Å². The van der Waals surface area contributed by atoms with Crippen molar-refractivity contribution in [1.82, 2.24) is 4.90 Å². The maximum Gasteiger partial charge on any atom is 0.0951 e. The number of rotatable bonds is 4. The molecule has 0 saturated carbocycles. The van der Waals surface area contributed by atoms with Gasteiger partial charge in [-0.15, -0.1) is 4.91 Å². The lowest BCUT2D eigenvalue weighted by Gasteiger charge is -2.23. The van der Waals surface area contributed by atoms with Crippen LogP contribution in [-0.4, -0.2) is 4.90 Å². The Hall–Kier alpha value is -2.16. The van der Waals surface area contributed by atoms with Crippen LogP contribution >= 0.6 is 0 Å². The molecule has 0 aliphatic carbocycles. The Balaban J connectivity index is 2.12. The summed E-state index contributed by atoms with van der Waals surface area (Å²) in [5.74, 6) is 0.543. The Morgan fingerprint density at radius 3 is 2.58 bits per heavy atom. The van der Waals surface area contributed by atoms with Gasteiger partial charge in [0.25, 0.3) is 0 Å². The van der Waals surface area contributed by atoms with Gasteiger partial charge in [-0.1, -0.05) is 44.2 Å². The Bertz CT molecular complexity index is 524. The van der Waals surface area contributed by atoms with Crippen molar-refractivity contribution in [2.45, 2.75) is 26.3 Å². The molecule has 0 amide bonds. The molecule has 0 saturated heterocycles. The van der Waals surface area contributed by atoms with E-state index in [9.17, 15) is 4.91 Å². The lowest BCUT2D eigenvalue weighted by molar-refractivity contribution is 0.468. The van der Waals surface area contributed by atoms with Crippen molar-refractivity contribution in [1.29, 1.82) is 0 Å². The van der Waals surface area contributed by atoms with Crippen molar-refractivity contribution in [3.8, 4) is 0 Å². The molecule has 0 spiro atoms. The zero-order valence-corrected chi connectivity index (χ0v) is 11.3. The highest BCUT2D eigenvalue weighted by Crippen LogP contribution is 2.19. The molecule has 0 unspecified atom stereocenters. The number of nitroso groups, excluding NO2 is 1. The minimum Gasteiger partial charge on any atom is -0.342 e. The van der Waals surface area contributed by atoms with E-state index in [1.165, 1.54) is 17.3 Å².